The maximum absolute atomic E-state index is 12.3. The molecule has 0 aromatic carbocycles. The lowest BCUT2D eigenvalue weighted by Crippen LogP contribution is -2.47. The number of nitrogens with zero attached hydrogens (tertiary/aromatic N) is 4. The van der Waals surface area contributed by atoms with Crippen molar-refractivity contribution < 1.29 is 14.3 Å². The predicted octanol–water partition coefficient (Wildman–Crippen LogP) is 1.25. The molecule has 0 unspecified atom stereocenters. The van der Waals surface area contributed by atoms with Crippen LogP contribution in [-0.4, -0.2) is 64.4 Å². The molecule has 1 aliphatic rings. The first-order valence-electron chi connectivity index (χ1n) is 8.25. The molecule has 1 fully saturated rings. The Balaban J connectivity index is 1.87. The van der Waals surface area contributed by atoms with Crippen LogP contribution in [0.3, 0.4) is 0 Å². The van der Waals surface area contributed by atoms with Gasteiger partial charge in [0.25, 0.3) is 5.91 Å². The summed E-state index contributed by atoms with van der Waals surface area (Å²) < 4.78 is 5.48. The molecule has 0 spiro atoms. The van der Waals surface area contributed by atoms with Crippen LogP contribution >= 0.6 is 0 Å². The molecule has 0 atom stereocenters. The maximum Gasteiger partial charge on any atom is 0.317 e. The number of hydrogen-bond acceptors (Lipinski definition) is 5. The fraction of sp³-hybridized carbons (Fsp3) is 0.647. The molecule has 7 nitrogen and oxygen atoms in total. The minimum absolute atomic E-state index is 0.0780. The third-order valence-corrected chi connectivity index (χ3v) is 4.79. The smallest absolute Gasteiger partial charge is 0.317 e. The third-order valence-electron chi connectivity index (χ3n) is 4.79. The molecular formula is C17H26N4O3. The minimum atomic E-state index is -0.101. The molecule has 2 rings (SSSR count). The van der Waals surface area contributed by atoms with Crippen molar-refractivity contribution in [1.82, 2.24) is 19.8 Å². The van der Waals surface area contributed by atoms with E-state index in [-0.39, 0.29) is 30.5 Å². The summed E-state index contributed by atoms with van der Waals surface area (Å²) in [5, 5.41) is 0. The molecule has 2 amide bonds. The van der Waals surface area contributed by atoms with Crippen molar-refractivity contribution in [2.75, 3.05) is 26.7 Å². The Labute approximate surface area is 143 Å². The molecule has 0 N–H and O–H groups in total. The highest BCUT2D eigenvalue weighted by molar-refractivity contribution is 5.78. The zero-order chi connectivity index (χ0) is 17.9. The largest absolute Gasteiger partial charge is 0.453 e. The van der Waals surface area contributed by atoms with Crippen LogP contribution in [0.15, 0.2) is 0 Å². The second kappa shape index (κ2) is 7.59. The SMILES string of the molecule is CC(=O)N1CCC(N(C)C(=O)COc2nc(C)c(C)c(C)n2)CC1. The molecule has 0 bridgehead atoms. The average Bonchev–Trinajstić information content (AvgIpc) is 2.56. The van der Waals surface area contributed by atoms with E-state index in [0.717, 1.165) is 29.8 Å². The van der Waals surface area contributed by atoms with Crippen molar-refractivity contribution in [1.29, 1.82) is 0 Å². The molecule has 24 heavy (non-hydrogen) atoms. The van der Waals surface area contributed by atoms with Crippen LogP contribution in [0.5, 0.6) is 6.01 Å². The normalized spacial score (nSPS) is 15.3. The van der Waals surface area contributed by atoms with Gasteiger partial charge in [0.2, 0.25) is 5.91 Å². The van der Waals surface area contributed by atoms with E-state index in [2.05, 4.69) is 9.97 Å². The Morgan fingerprint density at radius 2 is 1.71 bits per heavy atom. The molecule has 0 aliphatic carbocycles. The monoisotopic (exact) mass is 334 g/mol. The van der Waals surface area contributed by atoms with E-state index in [4.69, 9.17) is 4.74 Å². The average molecular weight is 334 g/mol. The van der Waals surface area contributed by atoms with E-state index in [1.165, 1.54) is 0 Å². The van der Waals surface area contributed by atoms with Crippen LogP contribution in [-0.2, 0) is 9.59 Å². The van der Waals surface area contributed by atoms with Gasteiger partial charge in [-0.1, -0.05) is 0 Å². The number of carbonyl (C=O) groups excluding carboxylic acids is 2. The number of piperidine rings is 1. The van der Waals surface area contributed by atoms with Crippen molar-refractivity contribution in [3.8, 4) is 6.01 Å². The van der Waals surface area contributed by atoms with E-state index >= 15 is 0 Å². The first-order valence-corrected chi connectivity index (χ1v) is 8.25. The number of likely N-dealkylation sites (N-methyl/N-ethyl adjacent to an activating group) is 1. The standard InChI is InChI=1S/C17H26N4O3/c1-11-12(2)18-17(19-13(11)3)24-10-16(23)20(5)15-6-8-21(9-7-15)14(4)22/h15H,6-10H2,1-5H3. The van der Waals surface area contributed by atoms with Gasteiger partial charge >= 0.3 is 6.01 Å². The number of rotatable bonds is 4. The Hall–Kier alpha value is -2.18. The van der Waals surface area contributed by atoms with Crippen LogP contribution in [0.4, 0.5) is 0 Å². The molecule has 0 saturated carbocycles. The van der Waals surface area contributed by atoms with Gasteiger partial charge in [0, 0.05) is 44.5 Å². The topological polar surface area (TPSA) is 75.6 Å². The summed E-state index contributed by atoms with van der Waals surface area (Å²) in [7, 11) is 1.78. The van der Waals surface area contributed by atoms with Gasteiger partial charge in [0.1, 0.15) is 0 Å². The fourth-order valence-corrected chi connectivity index (χ4v) is 2.81. The lowest BCUT2D eigenvalue weighted by atomic mass is 10.0. The summed E-state index contributed by atoms with van der Waals surface area (Å²) in [6, 6.07) is 0.378. The predicted molar refractivity (Wildman–Crippen MR) is 89.8 cm³/mol. The Morgan fingerprint density at radius 3 is 2.21 bits per heavy atom. The molecule has 1 aromatic heterocycles. The summed E-state index contributed by atoms with van der Waals surface area (Å²) in [5.41, 5.74) is 2.74. The van der Waals surface area contributed by atoms with Crippen LogP contribution in [0, 0.1) is 20.8 Å². The van der Waals surface area contributed by atoms with Gasteiger partial charge in [-0.05, 0) is 39.2 Å². The number of carbonyl (C=O) groups is 2. The van der Waals surface area contributed by atoms with Crippen molar-refractivity contribution >= 4 is 11.8 Å². The summed E-state index contributed by atoms with van der Waals surface area (Å²) in [6.07, 6.45) is 1.59. The van der Waals surface area contributed by atoms with E-state index in [0.29, 0.717) is 13.1 Å². The second-order valence-corrected chi connectivity index (χ2v) is 6.33. The van der Waals surface area contributed by atoms with E-state index in [1.807, 2.05) is 25.7 Å². The van der Waals surface area contributed by atoms with Gasteiger partial charge < -0.3 is 14.5 Å². The summed E-state index contributed by atoms with van der Waals surface area (Å²) >= 11 is 0. The summed E-state index contributed by atoms with van der Waals surface area (Å²) in [4.78, 5) is 35.7. The molecule has 1 aromatic rings. The maximum atomic E-state index is 12.3. The highest BCUT2D eigenvalue weighted by Gasteiger charge is 2.26. The van der Waals surface area contributed by atoms with Gasteiger partial charge in [-0.15, -0.1) is 0 Å². The van der Waals surface area contributed by atoms with Crippen LogP contribution in [0.25, 0.3) is 0 Å². The molecule has 132 valence electrons. The summed E-state index contributed by atoms with van der Waals surface area (Å²) in [5.74, 6) is -0.0104. The molecule has 1 aliphatic heterocycles. The molecule has 1 saturated heterocycles. The van der Waals surface area contributed by atoms with Crippen molar-refractivity contribution in [2.24, 2.45) is 0 Å². The quantitative estimate of drug-likeness (QED) is 0.828. The first kappa shape index (κ1) is 18.2. The zero-order valence-corrected chi connectivity index (χ0v) is 15.1. The highest BCUT2D eigenvalue weighted by Crippen LogP contribution is 2.16. The Kier molecular flexibility index (Phi) is 5.75. The second-order valence-electron chi connectivity index (χ2n) is 6.33. The van der Waals surface area contributed by atoms with Gasteiger partial charge in [-0.25, -0.2) is 9.97 Å². The number of amides is 2. The fourth-order valence-electron chi connectivity index (χ4n) is 2.81. The van der Waals surface area contributed by atoms with Gasteiger partial charge in [-0.2, -0.15) is 0 Å². The van der Waals surface area contributed by atoms with Crippen LogP contribution in [0.1, 0.15) is 36.7 Å². The number of hydrogen-bond donors (Lipinski definition) is 0. The van der Waals surface area contributed by atoms with Crippen molar-refractivity contribution in [2.45, 2.75) is 46.6 Å². The van der Waals surface area contributed by atoms with E-state index in [9.17, 15) is 9.59 Å². The number of ether oxygens (including phenoxy) is 1. The van der Waals surface area contributed by atoms with Crippen LogP contribution in [0.2, 0.25) is 0 Å². The van der Waals surface area contributed by atoms with Gasteiger partial charge in [-0.3, -0.25) is 9.59 Å². The van der Waals surface area contributed by atoms with Gasteiger partial charge in [0.05, 0.1) is 0 Å². The van der Waals surface area contributed by atoms with Crippen molar-refractivity contribution in [3.05, 3.63) is 17.0 Å². The van der Waals surface area contributed by atoms with E-state index < -0.39 is 0 Å². The summed E-state index contributed by atoms with van der Waals surface area (Å²) in [6.45, 7) is 8.64. The highest BCUT2D eigenvalue weighted by atomic mass is 16.5. The zero-order valence-electron chi connectivity index (χ0n) is 15.1. The lowest BCUT2D eigenvalue weighted by Gasteiger charge is -2.36. The number of likely N-dealkylation sites (tertiary alicyclic amines) is 1. The van der Waals surface area contributed by atoms with Gasteiger partial charge in [0.15, 0.2) is 6.61 Å². The van der Waals surface area contributed by atoms with E-state index in [1.54, 1.807) is 18.9 Å². The third kappa shape index (κ3) is 4.21. The molecule has 2 heterocycles. The molecular weight excluding hydrogens is 308 g/mol. The molecule has 7 heteroatoms. The number of aryl methyl sites for hydroxylation is 2. The number of aromatic nitrogens is 2. The Bertz CT molecular complexity index is 601. The lowest BCUT2D eigenvalue weighted by molar-refractivity contribution is -0.136. The molecule has 0 radical (unpaired) electrons. The first-order chi connectivity index (χ1) is 11.3. The van der Waals surface area contributed by atoms with Crippen molar-refractivity contribution in [3.63, 3.8) is 0 Å². The Morgan fingerprint density at radius 1 is 1.17 bits per heavy atom. The minimum Gasteiger partial charge on any atom is -0.453 e. The van der Waals surface area contributed by atoms with Crippen LogP contribution < -0.4 is 4.74 Å².